The Balaban J connectivity index is 1.85. The zero-order valence-electron chi connectivity index (χ0n) is 15.0. The minimum Gasteiger partial charge on any atom is -0.490 e. The first-order valence-corrected chi connectivity index (χ1v) is 9.17. The van der Waals surface area contributed by atoms with Crippen LogP contribution >= 0.6 is 11.8 Å². The third-order valence-electron chi connectivity index (χ3n) is 3.70. The van der Waals surface area contributed by atoms with E-state index in [2.05, 4.69) is 5.32 Å². The fourth-order valence-electron chi connectivity index (χ4n) is 2.44. The number of thioether (sulfide) groups is 1. The highest BCUT2D eigenvalue weighted by Gasteiger charge is 2.25. The van der Waals surface area contributed by atoms with Crippen LogP contribution in [0, 0.1) is 10.1 Å². The van der Waals surface area contributed by atoms with E-state index >= 15 is 0 Å². The standard InChI is InChI=1S/C19H14N2O7S/c1-2-27-15-8-11(9-16-17(22)20-19(24)29-16)6-7-14(15)28-18(23)12-4-3-5-13(10-12)21(25)26/h3-10H,2H2,1H3,(H,20,22,24)/b16-9+. The fraction of sp³-hybridized carbons (Fsp3) is 0.105. The topological polar surface area (TPSA) is 125 Å². The predicted molar refractivity (Wildman–Crippen MR) is 105 cm³/mol. The van der Waals surface area contributed by atoms with Crippen molar-refractivity contribution in [1.29, 1.82) is 0 Å². The first-order chi connectivity index (χ1) is 13.9. The normalized spacial score (nSPS) is 14.6. The van der Waals surface area contributed by atoms with E-state index in [1.165, 1.54) is 30.3 Å². The lowest BCUT2D eigenvalue weighted by Crippen LogP contribution is -2.17. The van der Waals surface area contributed by atoms with Crippen LogP contribution in [0.15, 0.2) is 47.4 Å². The lowest BCUT2D eigenvalue weighted by Gasteiger charge is -2.11. The summed E-state index contributed by atoms with van der Waals surface area (Å²) < 4.78 is 10.8. The lowest BCUT2D eigenvalue weighted by molar-refractivity contribution is -0.384. The smallest absolute Gasteiger partial charge is 0.343 e. The average molecular weight is 414 g/mol. The van der Waals surface area contributed by atoms with E-state index in [9.17, 15) is 24.5 Å². The van der Waals surface area contributed by atoms with Crippen LogP contribution in [-0.4, -0.2) is 28.6 Å². The van der Waals surface area contributed by atoms with Crippen molar-refractivity contribution in [3.8, 4) is 11.5 Å². The van der Waals surface area contributed by atoms with Gasteiger partial charge in [-0.3, -0.25) is 25.0 Å². The molecule has 148 valence electrons. The molecule has 0 aromatic heterocycles. The molecule has 1 aliphatic heterocycles. The van der Waals surface area contributed by atoms with Crippen LogP contribution in [0.2, 0.25) is 0 Å². The third kappa shape index (κ3) is 4.79. The highest BCUT2D eigenvalue weighted by atomic mass is 32.2. The van der Waals surface area contributed by atoms with Gasteiger partial charge in [-0.25, -0.2) is 4.79 Å². The summed E-state index contributed by atoms with van der Waals surface area (Å²) in [6.07, 6.45) is 1.51. The van der Waals surface area contributed by atoms with Gasteiger partial charge in [0, 0.05) is 12.1 Å². The van der Waals surface area contributed by atoms with E-state index in [-0.39, 0.29) is 34.3 Å². The zero-order chi connectivity index (χ0) is 21.0. The Bertz CT molecular complexity index is 1050. The molecule has 0 spiro atoms. The number of amides is 2. The molecular weight excluding hydrogens is 400 g/mol. The monoisotopic (exact) mass is 414 g/mol. The molecule has 1 fully saturated rings. The van der Waals surface area contributed by atoms with Gasteiger partial charge in [-0.15, -0.1) is 0 Å². The summed E-state index contributed by atoms with van der Waals surface area (Å²) in [7, 11) is 0. The summed E-state index contributed by atoms with van der Waals surface area (Å²) in [5, 5.41) is 12.6. The van der Waals surface area contributed by atoms with Crippen molar-refractivity contribution in [3.05, 3.63) is 68.6 Å². The van der Waals surface area contributed by atoms with E-state index in [0.717, 1.165) is 17.8 Å². The Hall–Kier alpha value is -3.66. The van der Waals surface area contributed by atoms with Crippen molar-refractivity contribution in [2.24, 2.45) is 0 Å². The molecule has 1 aliphatic rings. The maximum absolute atomic E-state index is 12.4. The molecular formula is C19H14N2O7S. The third-order valence-corrected chi connectivity index (χ3v) is 4.51. The van der Waals surface area contributed by atoms with Gasteiger partial charge in [-0.2, -0.15) is 0 Å². The van der Waals surface area contributed by atoms with Crippen LogP contribution in [0.3, 0.4) is 0 Å². The highest BCUT2D eigenvalue weighted by Crippen LogP contribution is 2.32. The molecule has 0 atom stereocenters. The second-order valence-corrected chi connectivity index (χ2v) is 6.70. The Morgan fingerprint density at radius 2 is 2.00 bits per heavy atom. The van der Waals surface area contributed by atoms with E-state index < -0.39 is 22.0 Å². The summed E-state index contributed by atoms with van der Waals surface area (Å²) in [6.45, 7) is 2.03. The number of hydrogen-bond donors (Lipinski definition) is 1. The van der Waals surface area contributed by atoms with Crippen LogP contribution in [-0.2, 0) is 4.79 Å². The van der Waals surface area contributed by atoms with Crippen molar-refractivity contribution in [2.45, 2.75) is 6.92 Å². The molecule has 0 bridgehead atoms. The quantitative estimate of drug-likeness (QED) is 0.250. The molecule has 1 saturated heterocycles. The van der Waals surface area contributed by atoms with E-state index in [4.69, 9.17) is 9.47 Å². The Kier molecular flexibility index (Phi) is 5.93. The number of benzene rings is 2. The van der Waals surface area contributed by atoms with Gasteiger partial charge < -0.3 is 9.47 Å². The molecule has 1 N–H and O–H groups in total. The minimum absolute atomic E-state index is 0.0189. The van der Waals surface area contributed by atoms with E-state index in [0.29, 0.717) is 5.56 Å². The van der Waals surface area contributed by atoms with E-state index in [1.54, 1.807) is 19.1 Å². The van der Waals surface area contributed by atoms with Crippen molar-refractivity contribution in [3.63, 3.8) is 0 Å². The second-order valence-electron chi connectivity index (χ2n) is 5.69. The second kappa shape index (κ2) is 8.57. The molecule has 2 aromatic rings. The van der Waals surface area contributed by atoms with Gasteiger partial charge >= 0.3 is 5.97 Å². The molecule has 9 nitrogen and oxygen atoms in total. The first-order valence-electron chi connectivity index (χ1n) is 8.35. The van der Waals surface area contributed by atoms with Gasteiger partial charge in [0.05, 0.1) is 22.0 Å². The van der Waals surface area contributed by atoms with E-state index in [1.807, 2.05) is 0 Å². The number of esters is 1. The summed E-state index contributed by atoms with van der Waals surface area (Å²) in [6, 6.07) is 9.80. The number of rotatable bonds is 6. The Labute approximate surface area is 168 Å². The number of non-ortho nitro benzene ring substituents is 1. The van der Waals surface area contributed by atoms with Gasteiger partial charge in [-0.05, 0) is 48.5 Å². The van der Waals surface area contributed by atoms with Crippen LogP contribution < -0.4 is 14.8 Å². The number of ether oxygens (including phenoxy) is 2. The molecule has 3 rings (SSSR count). The maximum Gasteiger partial charge on any atom is 0.343 e. The van der Waals surface area contributed by atoms with Gasteiger partial charge in [0.2, 0.25) is 0 Å². The predicted octanol–water partition coefficient (Wildman–Crippen LogP) is 3.54. The number of nitrogens with zero attached hydrogens (tertiary/aromatic N) is 1. The fourth-order valence-corrected chi connectivity index (χ4v) is 3.13. The van der Waals surface area contributed by atoms with Crippen LogP contribution in [0.5, 0.6) is 11.5 Å². The number of carbonyl (C=O) groups is 3. The molecule has 29 heavy (non-hydrogen) atoms. The Morgan fingerprint density at radius 1 is 1.21 bits per heavy atom. The molecule has 0 unspecified atom stereocenters. The first kappa shape index (κ1) is 20.1. The van der Waals surface area contributed by atoms with Crippen molar-refractivity contribution in [1.82, 2.24) is 5.32 Å². The number of hydrogen-bond acceptors (Lipinski definition) is 8. The highest BCUT2D eigenvalue weighted by molar-refractivity contribution is 8.18. The van der Waals surface area contributed by atoms with Gasteiger partial charge in [0.25, 0.3) is 16.8 Å². The van der Waals surface area contributed by atoms with Crippen molar-refractivity contribution >= 4 is 40.6 Å². The van der Waals surface area contributed by atoms with Gasteiger partial charge in [0.1, 0.15) is 0 Å². The molecule has 2 aromatic carbocycles. The van der Waals surface area contributed by atoms with Crippen LogP contribution in [0.25, 0.3) is 6.08 Å². The molecule has 2 amide bonds. The largest absolute Gasteiger partial charge is 0.490 e. The summed E-state index contributed by atoms with van der Waals surface area (Å²) in [5.41, 5.74) is 0.356. The summed E-state index contributed by atoms with van der Waals surface area (Å²) >= 11 is 0.784. The number of imide groups is 1. The number of nitrogens with one attached hydrogen (secondary N) is 1. The molecule has 0 saturated carbocycles. The van der Waals surface area contributed by atoms with Gasteiger partial charge in [-0.1, -0.05) is 12.1 Å². The summed E-state index contributed by atoms with van der Waals surface area (Å²) in [5.74, 6) is -0.906. The molecule has 10 heteroatoms. The Morgan fingerprint density at radius 3 is 2.66 bits per heavy atom. The number of nitro benzene ring substituents is 1. The van der Waals surface area contributed by atoms with Crippen molar-refractivity contribution in [2.75, 3.05) is 6.61 Å². The van der Waals surface area contributed by atoms with Crippen molar-refractivity contribution < 1.29 is 28.8 Å². The van der Waals surface area contributed by atoms with Crippen LogP contribution in [0.1, 0.15) is 22.8 Å². The zero-order valence-corrected chi connectivity index (χ0v) is 15.9. The number of nitro groups is 1. The lowest BCUT2D eigenvalue weighted by atomic mass is 10.1. The molecule has 1 heterocycles. The minimum atomic E-state index is -0.780. The SMILES string of the molecule is CCOc1cc(/C=C2/SC(=O)NC2=O)ccc1OC(=O)c1cccc([N+](=O)[O-])c1. The van der Waals surface area contributed by atoms with Gasteiger partial charge in [0.15, 0.2) is 11.5 Å². The average Bonchev–Trinajstić information content (AvgIpc) is 3.00. The maximum atomic E-state index is 12.4. The molecule has 0 aliphatic carbocycles. The summed E-state index contributed by atoms with van der Waals surface area (Å²) in [4.78, 5) is 45.8. The molecule has 0 radical (unpaired) electrons. The van der Waals surface area contributed by atoms with Crippen LogP contribution in [0.4, 0.5) is 10.5 Å². The number of carbonyl (C=O) groups excluding carboxylic acids is 3.